The normalized spacial score (nSPS) is 10.4. The number of hydrogen-bond acceptors (Lipinski definition) is 3. The van der Waals surface area contributed by atoms with Crippen LogP contribution in [0, 0.1) is 0 Å². The van der Waals surface area contributed by atoms with E-state index < -0.39 is 5.97 Å². The average molecular weight is 350 g/mol. The van der Waals surface area contributed by atoms with E-state index in [9.17, 15) is 4.79 Å². The Hall–Kier alpha value is -2.72. The van der Waals surface area contributed by atoms with Crippen molar-refractivity contribution in [3.8, 4) is 16.9 Å². The zero-order valence-electron chi connectivity index (χ0n) is 13.8. The Morgan fingerprint density at radius 2 is 1.52 bits per heavy atom. The van der Waals surface area contributed by atoms with Crippen LogP contribution in [0.15, 0.2) is 82.6 Å². The number of ether oxygens (including phenoxy) is 1. The van der Waals surface area contributed by atoms with Crippen molar-refractivity contribution in [2.75, 3.05) is 7.11 Å². The molecule has 3 aromatic carbocycles. The van der Waals surface area contributed by atoms with E-state index in [1.54, 1.807) is 18.9 Å². The van der Waals surface area contributed by atoms with Crippen LogP contribution in [0.4, 0.5) is 0 Å². The number of hydrogen-bond donors (Lipinski definition) is 1. The summed E-state index contributed by atoms with van der Waals surface area (Å²) in [6, 6.07) is 23.8. The fourth-order valence-corrected chi connectivity index (χ4v) is 3.48. The molecule has 0 atom stereocenters. The molecule has 25 heavy (non-hydrogen) atoms. The van der Waals surface area contributed by atoms with Gasteiger partial charge < -0.3 is 9.84 Å². The van der Waals surface area contributed by atoms with Gasteiger partial charge in [0.05, 0.1) is 13.5 Å². The van der Waals surface area contributed by atoms with Crippen molar-refractivity contribution < 1.29 is 14.6 Å². The van der Waals surface area contributed by atoms with Gasteiger partial charge in [-0.25, -0.2) is 0 Å². The molecule has 0 bridgehead atoms. The Kier molecular flexibility index (Phi) is 5.41. The molecule has 0 radical (unpaired) electrons. The van der Waals surface area contributed by atoms with Gasteiger partial charge in [0.2, 0.25) is 0 Å². The Morgan fingerprint density at radius 3 is 2.12 bits per heavy atom. The molecule has 4 heteroatoms. The largest absolute Gasteiger partial charge is 0.497 e. The molecular weight excluding hydrogens is 332 g/mol. The molecule has 3 nitrogen and oxygen atoms in total. The van der Waals surface area contributed by atoms with Crippen LogP contribution < -0.4 is 4.74 Å². The molecule has 0 saturated carbocycles. The SMILES string of the molecule is COc1ccc(-c2ccc(Sc3ccccc3CC(=O)O)cc2)cc1. The number of carbonyl (C=O) groups is 1. The quantitative estimate of drug-likeness (QED) is 0.668. The van der Waals surface area contributed by atoms with Crippen LogP contribution in [-0.4, -0.2) is 18.2 Å². The topological polar surface area (TPSA) is 46.5 Å². The van der Waals surface area contributed by atoms with Crippen LogP contribution in [0.3, 0.4) is 0 Å². The van der Waals surface area contributed by atoms with E-state index in [4.69, 9.17) is 9.84 Å². The van der Waals surface area contributed by atoms with Gasteiger partial charge in [0.1, 0.15) is 5.75 Å². The molecule has 0 amide bonds. The second kappa shape index (κ2) is 7.90. The van der Waals surface area contributed by atoms with Gasteiger partial charge >= 0.3 is 5.97 Å². The van der Waals surface area contributed by atoms with E-state index in [1.807, 2.05) is 48.5 Å². The van der Waals surface area contributed by atoms with Crippen molar-refractivity contribution >= 4 is 17.7 Å². The van der Waals surface area contributed by atoms with E-state index >= 15 is 0 Å². The zero-order valence-corrected chi connectivity index (χ0v) is 14.6. The van der Waals surface area contributed by atoms with Crippen molar-refractivity contribution in [2.45, 2.75) is 16.2 Å². The Balaban J connectivity index is 1.78. The summed E-state index contributed by atoms with van der Waals surface area (Å²) < 4.78 is 5.18. The number of rotatable bonds is 6. The van der Waals surface area contributed by atoms with Crippen LogP contribution in [-0.2, 0) is 11.2 Å². The molecular formula is C21H18O3S. The van der Waals surface area contributed by atoms with E-state index in [0.29, 0.717) is 0 Å². The molecule has 0 aliphatic carbocycles. The van der Waals surface area contributed by atoms with E-state index in [0.717, 1.165) is 32.2 Å². The smallest absolute Gasteiger partial charge is 0.307 e. The highest BCUT2D eigenvalue weighted by molar-refractivity contribution is 7.99. The van der Waals surface area contributed by atoms with Gasteiger partial charge in [-0.15, -0.1) is 0 Å². The van der Waals surface area contributed by atoms with Crippen molar-refractivity contribution in [3.05, 3.63) is 78.4 Å². The summed E-state index contributed by atoms with van der Waals surface area (Å²) in [6.07, 6.45) is 0.0348. The Labute approximate surface area is 151 Å². The summed E-state index contributed by atoms with van der Waals surface area (Å²) in [7, 11) is 1.66. The maximum absolute atomic E-state index is 11.0. The van der Waals surface area contributed by atoms with Gasteiger partial charge in [0.15, 0.2) is 0 Å². The summed E-state index contributed by atoms with van der Waals surface area (Å²) in [6.45, 7) is 0. The summed E-state index contributed by atoms with van der Waals surface area (Å²) in [5.74, 6) is 0.0221. The monoisotopic (exact) mass is 350 g/mol. The second-order valence-electron chi connectivity index (χ2n) is 5.53. The Morgan fingerprint density at radius 1 is 0.920 bits per heavy atom. The first-order valence-corrected chi connectivity index (χ1v) is 8.69. The number of methoxy groups -OCH3 is 1. The summed E-state index contributed by atoms with van der Waals surface area (Å²) >= 11 is 1.58. The summed E-state index contributed by atoms with van der Waals surface area (Å²) in [5.41, 5.74) is 3.09. The molecule has 0 aromatic heterocycles. The molecule has 126 valence electrons. The first-order chi connectivity index (χ1) is 12.2. The number of carboxylic acids is 1. The predicted molar refractivity (Wildman–Crippen MR) is 100 cm³/mol. The zero-order chi connectivity index (χ0) is 17.6. The van der Waals surface area contributed by atoms with Crippen LogP contribution in [0.2, 0.25) is 0 Å². The van der Waals surface area contributed by atoms with Gasteiger partial charge in [0.25, 0.3) is 0 Å². The molecule has 0 unspecified atom stereocenters. The maximum atomic E-state index is 11.0. The highest BCUT2D eigenvalue weighted by Crippen LogP contribution is 2.32. The number of benzene rings is 3. The average Bonchev–Trinajstić information content (AvgIpc) is 2.64. The summed E-state index contributed by atoms with van der Waals surface area (Å²) in [4.78, 5) is 13.1. The highest BCUT2D eigenvalue weighted by Gasteiger charge is 2.08. The van der Waals surface area contributed by atoms with Crippen molar-refractivity contribution in [1.29, 1.82) is 0 Å². The van der Waals surface area contributed by atoms with E-state index in [1.165, 1.54) is 0 Å². The lowest BCUT2D eigenvalue weighted by molar-refractivity contribution is -0.136. The third-order valence-electron chi connectivity index (χ3n) is 3.82. The molecule has 0 spiro atoms. The van der Waals surface area contributed by atoms with Crippen molar-refractivity contribution in [1.82, 2.24) is 0 Å². The predicted octanol–water partition coefficient (Wildman–Crippen LogP) is 5.14. The fraction of sp³-hybridized carbons (Fsp3) is 0.0952. The molecule has 0 heterocycles. The van der Waals surface area contributed by atoms with Gasteiger partial charge in [0, 0.05) is 9.79 Å². The third-order valence-corrected chi connectivity index (χ3v) is 4.95. The van der Waals surface area contributed by atoms with Crippen molar-refractivity contribution in [2.24, 2.45) is 0 Å². The lowest BCUT2D eigenvalue weighted by atomic mass is 10.1. The molecule has 0 aliphatic rings. The Bertz CT molecular complexity index is 855. The van der Waals surface area contributed by atoms with Crippen molar-refractivity contribution in [3.63, 3.8) is 0 Å². The minimum atomic E-state index is -0.817. The first kappa shape index (κ1) is 17.1. The van der Waals surface area contributed by atoms with Gasteiger partial charge in [-0.05, 0) is 47.0 Å². The van der Waals surface area contributed by atoms with Gasteiger partial charge in [-0.2, -0.15) is 0 Å². The number of carboxylic acid groups (broad SMARTS) is 1. The molecule has 3 rings (SSSR count). The minimum Gasteiger partial charge on any atom is -0.497 e. The maximum Gasteiger partial charge on any atom is 0.307 e. The van der Waals surface area contributed by atoms with Gasteiger partial charge in [-0.1, -0.05) is 54.2 Å². The van der Waals surface area contributed by atoms with E-state index in [-0.39, 0.29) is 6.42 Å². The van der Waals surface area contributed by atoms with Crippen LogP contribution >= 0.6 is 11.8 Å². The minimum absolute atomic E-state index is 0.0348. The van der Waals surface area contributed by atoms with Gasteiger partial charge in [-0.3, -0.25) is 4.79 Å². The molecule has 1 N–H and O–H groups in total. The van der Waals surface area contributed by atoms with Crippen LogP contribution in [0.25, 0.3) is 11.1 Å². The van der Waals surface area contributed by atoms with E-state index in [2.05, 4.69) is 24.3 Å². The third kappa shape index (κ3) is 4.43. The summed E-state index contributed by atoms with van der Waals surface area (Å²) in [5, 5.41) is 9.04. The lowest BCUT2D eigenvalue weighted by Crippen LogP contribution is -2.01. The molecule has 0 aliphatic heterocycles. The molecule has 0 saturated heterocycles. The van der Waals surface area contributed by atoms with Crippen LogP contribution in [0.1, 0.15) is 5.56 Å². The van der Waals surface area contributed by atoms with Crippen LogP contribution in [0.5, 0.6) is 5.75 Å². The number of aliphatic carboxylic acids is 1. The standard InChI is InChI=1S/C21H18O3S/c1-24-18-10-6-15(7-11-18)16-8-12-19(13-9-16)25-20-5-3-2-4-17(20)14-21(22)23/h2-13H,14H2,1H3,(H,22,23). The highest BCUT2D eigenvalue weighted by atomic mass is 32.2. The fourth-order valence-electron chi connectivity index (χ4n) is 2.54. The first-order valence-electron chi connectivity index (χ1n) is 7.88. The lowest BCUT2D eigenvalue weighted by Gasteiger charge is -2.08. The molecule has 3 aromatic rings. The molecule has 0 fully saturated rings. The second-order valence-corrected chi connectivity index (χ2v) is 6.65.